The summed E-state index contributed by atoms with van der Waals surface area (Å²) in [6, 6.07) is 0.178. The number of carbonyl (C=O) groups excluding carboxylic acids is 1. The van der Waals surface area contributed by atoms with E-state index >= 15 is 0 Å². The van der Waals surface area contributed by atoms with Crippen LogP contribution in [-0.4, -0.2) is 39.6 Å². The van der Waals surface area contributed by atoms with Crippen molar-refractivity contribution in [3.8, 4) is 0 Å². The largest absolute Gasteiger partial charge is 0.444 e. The second kappa shape index (κ2) is 5.73. The minimum Gasteiger partial charge on any atom is -0.444 e. The van der Waals surface area contributed by atoms with E-state index in [1.807, 2.05) is 20.8 Å². The fourth-order valence-corrected chi connectivity index (χ4v) is 2.46. The molecule has 1 saturated heterocycles. The summed E-state index contributed by atoms with van der Waals surface area (Å²) < 4.78 is 13.5. The molecule has 0 spiro atoms. The number of rotatable bonds is 2. The third-order valence-electron chi connectivity index (χ3n) is 2.89. The van der Waals surface area contributed by atoms with Crippen molar-refractivity contribution in [1.82, 2.24) is 14.1 Å². The Morgan fingerprint density at radius 3 is 2.68 bits per heavy atom. The summed E-state index contributed by atoms with van der Waals surface area (Å²) in [6.07, 6.45) is 3.25. The van der Waals surface area contributed by atoms with Gasteiger partial charge in [-0.15, -0.1) is 0 Å². The first kappa shape index (κ1) is 14.0. The van der Waals surface area contributed by atoms with Crippen molar-refractivity contribution in [3.05, 3.63) is 6.20 Å². The number of amides is 1. The summed E-state index contributed by atoms with van der Waals surface area (Å²) >= 11 is 1.22. The lowest BCUT2D eigenvalue weighted by Gasteiger charge is -2.32. The zero-order chi connectivity index (χ0) is 13.9. The van der Waals surface area contributed by atoms with Gasteiger partial charge in [0.05, 0.1) is 17.9 Å². The van der Waals surface area contributed by atoms with Crippen LogP contribution < -0.4 is 10.2 Å². The number of hydrogen-bond donors (Lipinski definition) is 1. The highest BCUT2D eigenvalue weighted by atomic mass is 32.1. The van der Waals surface area contributed by atoms with Crippen molar-refractivity contribution >= 4 is 23.6 Å². The molecule has 1 aromatic heterocycles. The standard InChI is InChI=1S/C12H20N4O2S/c1-12(2,3)18-11(17)14-9-4-6-16(7-5-9)10-8-13-19-15-10/h8-9H,4-7H2,1-3H3,(H,14,17). The molecule has 0 unspecified atom stereocenters. The highest BCUT2D eigenvalue weighted by Gasteiger charge is 2.24. The summed E-state index contributed by atoms with van der Waals surface area (Å²) in [5.41, 5.74) is -0.447. The molecule has 19 heavy (non-hydrogen) atoms. The van der Waals surface area contributed by atoms with Gasteiger partial charge in [0, 0.05) is 19.1 Å². The second-order valence-electron chi connectivity index (χ2n) is 5.67. The predicted octanol–water partition coefficient (Wildman–Crippen LogP) is 2.03. The third kappa shape index (κ3) is 4.34. The molecule has 0 aromatic carbocycles. The van der Waals surface area contributed by atoms with E-state index in [4.69, 9.17) is 4.74 Å². The first-order valence-electron chi connectivity index (χ1n) is 6.46. The van der Waals surface area contributed by atoms with Crippen molar-refractivity contribution in [1.29, 1.82) is 0 Å². The van der Waals surface area contributed by atoms with Gasteiger partial charge in [0.15, 0.2) is 5.82 Å². The molecule has 1 N–H and O–H groups in total. The Kier molecular flexibility index (Phi) is 4.24. The quantitative estimate of drug-likeness (QED) is 0.900. The molecule has 2 rings (SSSR count). The van der Waals surface area contributed by atoms with Crippen LogP contribution >= 0.6 is 11.7 Å². The monoisotopic (exact) mass is 284 g/mol. The van der Waals surface area contributed by atoms with E-state index in [9.17, 15) is 4.79 Å². The molecule has 0 radical (unpaired) electrons. The van der Waals surface area contributed by atoms with Gasteiger partial charge < -0.3 is 15.0 Å². The summed E-state index contributed by atoms with van der Waals surface area (Å²) in [5, 5.41) is 2.92. The van der Waals surface area contributed by atoms with Crippen LogP contribution in [0, 0.1) is 0 Å². The number of nitrogens with one attached hydrogen (secondary N) is 1. The van der Waals surface area contributed by atoms with Gasteiger partial charge in [-0.3, -0.25) is 0 Å². The van der Waals surface area contributed by atoms with E-state index in [2.05, 4.69) is 19.0 Å². The number of aromatic nitrogens is 2. The van der Waals surface area contributed by atoms with E-state index in [1.165, 1.54) is 11.7 Å². The lowest BCUT2D eigenvalue weighted by molar-refractivity contribution is 0.0497. The molecule has 106 valence electrons. The molecular formula is C12H20N4O2S. The van der Waals surface area contributed by atoms with E-state index in [0.717, 1.165) is 31.7 Å². The molecule has 1 aromatic rings. The van der Waals surface area contributed by atoms with Gasteiger partial charge in [0.25, 0.3) is 0 Å². The molecule has 6 nitrogen and oxygen atoms in total. The molecule has 0 atom stereocenters. The smallest absolute Gasteiger partial charge is 0.407 e. The first-order valence-corrected chi connectivity index (χ1v) is 7.19. The maximum absolute atomic E-state index is 11.7. The molecule has 1 aliphatic rings. The fourth-order valence-electron chi connectivity index (χ4n) is 2.03. The van der Waals surface area contributed by atoms with Crippen molar-refractivity contribution in [2.45, 2.75) is 45.3 Å². The maximum atomic E-state index is 11.7. The summed E-state index contributed by atoms with van der Waals surface area (Å²) in [7, 11) is 0. The van der Waals surface area contributed by atoms with Gasteiger partial charge in [-0.25, -0.2) is 4.79 Å². The van der Waals surface area contributed by atoms with Gasteiger partial charge in [-0.1, -0.05) is 0 Å². The first-order chi connectivity index (χ1) is 8.94. The Morgan fingerprint density at radius 2 is 2.16 bits per heavy atom. The topological polar surface area (TPSA) is 67.3 Å². The summed E-state index contributed by atoms with van der Waals surface area (Å²) in [5.74, 6) is 0.931. The van der Waals surface area contributed by atoms with E-state index in [1.54, 1.807) is 6.20 Å². The predicted molar refractivity (Wildman–Crippen MR) is 74.5 cm³/mol. The molecule has 0 aliphatic carbocycles. The number of anilines is 1. The summed E-state index contributed by atoms with van der Waals surface area (Å²) in [4.78, 5) is 13.9. The van der Waals surface area contributed by atoms with Crippen LogP contribution in [0.15, 0.2) is 6.20 Å². The number of piperidine rings is 1. The fraction of sp³-hybridized carbons (Fsp3) is 0.750. The van der Waals surface area contributed by atoms with Crippen molar-refractivity contribution in [2.24, 2.45) is 0 Å². The second-order valence-corrected chi connectivity index (χ2v) is 6.23. The van der Waals surface area contributed by atoms with Crippen LogP contribution in [0.1, 0.15) is 33.6 Å². The number of carbonyl (C=O) groups is 1. The Labute approximate surface area is 117 Å². The van der Waals surface area contributed by atoms with Crippen molar-refractivity contribution < 1.29 is 9.53 Å². The maximum Gasteiger partial charge on any atom is 0.407 e. The molecule has 1 amide bonds. The van der Waals surface area contributed by atoms with E-state index in [0.29, 0.717) is 0 Å². The Morgan fingerprint density at radius 1 is 1.47 bits per heavy atom. The van der Waals surface area contributed by atoms with Crippen LogP contribution in [-0.2, 0) is 4.74 Å². The van der Waals surface area contributed by atoms with Crippen molar-refractivity contribution in [3.63, 3.8) is 0 Å². The third-order valence-corrected chi connectivity index (χ3v) is 3.36. The van der Waals surface area contributed by atoms with Gasteiger partial charge in [0.2, 0.25) is 0 Å². The Hall–Kier alpha value is -1.37. The molecule has 0 saturated carbocycles. The average molecular weight is 284 g/mol. The minimum absolute atomic E-state index is 0.178. The molecular weight excluding hydrogens is 264 g/mol. The number of nitrogens with zero attached hydrogens (tertiary/aromatic N) is 3. The lowest BCUT2D eigenvalue weighted by atomic mass is 10.1. The average Bonchev–Trinajstić information content (AvgIpc) is 2.80. The normalized spacial score (nSPS) is 17.3. The molecule has 0 bridgehead atoms. The van der Waals surface area contributed by atoms with Gasteiger partial charge >= 0.3 is 6.09 Å². The summed E-state index contributed by atoms with van der Waals surface area (Å²) in [6.45, 7) is 7.36. The highest BCUT2D eigenvalue weighted by Crippen LogP contribution is 2.18. The Balaban J connectivity index is 1.76. The van der Waals surface area contributed by atoms with Gasteiger partial charge in [0.1, 0.15) is 5.60 Å². The molecule has 2 heterocycles. The molecule has 7 heteroatoms. The van der Waals surface area contributed by atoms with Crippen LogP contribution in [0.3, 0.4) is 0 Å². The highest BCUT2D eigenvalue weighted by molar-refractivity contribution is 6.99. The minimum atomic E-state index is -0.447. The zero-order valence-electron chi connectivity index (χ0n) is 11.5. The van der Waals surface area contributed by atoms with Crippen LogP contribution in [0.25, 0.3) is 0 Å². The molecule has 1 fully saturated rings. The van der Waals surface area contributed by atoms with Crippen LogP contribution in [0.5, 0.6) is 0 Å². The molecule has 1 aliphatic heterocycles. The van der Waals surface area contributed by atoms with E-state index < -0.39 is 5.60 Å². The van der Waals surface area contributed by atoms with Crippen molar-refractivity contribution in [2.75, 3.05) is 18.0 Å². The van der Waals surface area contributed by atoms with E-state index in [-0.39, 0.29) is 12.1 Å². The van der Waals surface area contributed by atoms with Gasteiger partial charge in [-0.05, 0) is 33.6 Å². The SMILES string of the molecule is CC(C)(C)OC(=O)NC1CCN(c2cnsn2)CC1. The lowest BCUT2D eigenvalue weighted by Crippen LogP contribution is -2.46. The van der Waals surface area contributed by atoms with Crippen LogP contribution in [0.4, 0.5) is 10.6 Å². The zero-order valence-corrected chi connectivity index (χ0v) is 12.4. The Bertz CT molecular complexity index is 408. The number of ether oxygens (including phenoxy) is 1. The number of alkyl carbamates (subject to hydrolysis) is 1. The van der Waals surface area contributed by atoms with Gasteiger partial charge in [-0.2, -0.15) is 8.75 Å². The van der Waals surface area contributed by atoms with Crippen LogP contribution in [0.2, 0.25) is 0 Å². The number of hydrogen-bond acceptors (Lipinski definition) is 6.